The topological polar surface area (TPSA) is 135 Å². The second kappa shape index (κ2) is 13.0. The van der Waals surface area contributed by atoms with Crippen LogP contribution in [0.2, 0.25) is 0 Å². The maximum atomic E-state index is 11.8. The summed E-state index contributed by atoms with van der Waals surface area (Å²) in [5.74, 6) is -3.37. The summed E-state index contributed by atoms with van der Waals surface area (Å²) in [5.41, 5.74) is 0. The lowest BCUT2D eigenvalue weighted by Gasteiger charge is -2.36. The molecule has 0 heterocycles. The van der Waals surface area contributed by atoms with E-state index in [9.17, 15) is 24.3 Å². The minimum atomic E-state index is -1.80. The number of rotatable bonds is 11. The molecule has 1 aromatic carbocycles. The van der Waals surface area contributed by atoms with Crippen LogP contribution in [0.5, 0.6) is 5.75 Å². The molecule has 0 aromatic heterocycles. The van der Waals surface area contributed by atoms with Gasteiger partial charge < -0.3 is 28.8 Å². The van der Waals surface area contributed by atoms with Crippen LogP contribution in [0.4, 0.5) is 0 Å². The summed E-state index contributed by atoms with van der Waals surface area (Å²) in [7, 11) is 0. The SMILES string of the molecule is CC(=O)OCC(C)C(OC(C)=O)C(OC(C)=O)C(OC(C)=O)C(O)Oc1ccc(Br)cc1. The van der Waals surface area contributed by atoms with Crippen molar-refractivity contribution < 1.29 is 48.0 Å². The van der Waals surface area contributed by atoms with E-state index in [0.717, 1.165) is 25.2 Å². The zero-order valence-electron chi connectivity index (χ0n) is 18.4. The standard InChI is InChI=1S/C21H27BrO10/c1-11(10-28-12(2)23)18(29-13(3)24)19(30-14(4)25)20(31-15(5)26)21(27)32-17-8-6-16(22)7-9-17/h6-9,11,18-21,27H,10H2,1-5H3. The Hall–Kier alpha value is -2.66. The van der Waals surface area contributed by atoms with Crippen LogP contribution in [-0.2, 0) is 38.1 Å². The maximum Gasteiger partial charge on any atom is 0.303 e. The van der Waals surface area contributed by atoms with E-state index < -0.39 is 54.4 Å². The van der Waals surface area contributed by atoms with Crippen LogP contribution in [0.25, 0.3) is 0 Å². The molecular formula is C21H27BrO10. The fraction of sp³-hybridized carbons (Fsp3) is 0.524. The van der Waals surface area contributed by atoms with Crippen LogP contribution in [0.1, 0.15) is 34.6 Å². The lowest BCUT2D eigenvalue weighted by Crippen LogP contribution is -2.54. The quantitative estimate of drug-likeness (QED) is 0.263. The largest absolute Gasteiger partial charge is 0.465 e. The molecule has 0 aliphatic carbocycles. The van der Waals surface area contributed by atoms with Gasteiger partial charge in [-0.3, -0.25) is 19.2 Å². The number of halogens is 1. The van der Waals surface area contributed by atoms with Crippen molar-refractivity contribution in [2.24, 2.45) is 5.92 Å². The van der Waals surface area contributed by atoms with Crippen LogP contribution >= 0.6 is 15.9 Å². The third kappa shape index (κ3) is 9.65. The molecule has 0 bridgehead atoms. The molecule has 5 unspecified atom stereocenters. The molecule has 0 aliphatic heterocycles. The highest BCUT2D eigenvalue weighted by molar-refractivity contribution is 9.10. The Bertz CT molecular complexity index is 794. The molecule has 32 heavy (non-hydrogen) atoms. The summed E-state index contributed by atoms with van der Waals surface area (Å²) < 4.78 is 27.0. The van der Waals surface area contributed by atoms with Gasteiger partial charge in [0.2, 0.25) is 12.4 Å². The molecule has 0 saturated carbocycles. The Kier molecular flexibility index (Phi) is 11.1. The van der Waals surface area contributed by atoms with Crippen molar-refractivity contribution in [2.45, 2.75) is 59.2 Å². The van der Waals surface area contributed by atoms with E-state index >= 15 is 0 Å². The average Bonchev–Trinajstić information content (AvgIpc) is 2.68. The molecule has 11 heteroatoms. The van der Waals surface area contributed by atoms with Gasteiger partial charge in [-0.1, -0.05) is 22.9 Å². The van der Waals surface area contributed by atoms with Crippen molar-refractivity contribution in [2.75, 3.05) is 6.61 Å². The Morgan fingerprint density at radius 3 is 1.75 bits per heavy atom. The molecule has 0 saturated heterocycles. The van der Waals surface area contributed by atoms with E-state index in [-0.39, 0.29) is 12.4 Å². The van der Waals surface area contributed by atoms with Crippen molar-refractivity contribution in [3.05, 3.63) is 28.7 Å². The normalized spacial score (nSPS) is 15.3. The molecule has 0 fully saturated rings. The highest BCUT2D eigenvalue weighted by Crippen LogP contribution is 2.25. The molecule has 1 rings (SSSR count). The van der Waals surface area contributed by atoms with Crippen molar-refractivity contribution in [3.8, 4) is 5.75 Å². The molecule has 0 spiro atoms. The number of aliphatic hydroxyl groups is 1. The van der Waals surface area contributed by atoms with Crippen LogP contribution < -0.4 is 4.74 Å². The van der Waals surface area contributed by atoms with Gasteiger partial charge in [0.1, 0.15) is 11.9 Å². The molecule has 178 valence electrons. The van der Waals surface area contributed by atoms with Crippen LogP contribution in [0, 0.1) is 5.92 Å². The number of carbonyl (C=O) groups excluding carboxylic acids is 4. The minimum Gasteiger partial charge on any atom is -0.465 e. The zero-order chi connectivity index (χ0) is 24.4. The molecule has 1 aromatic rings. The molecule has 10 nitrogen and oxygen atoms in total. The lowest BCUT2D eigenvalue weighted by atomic mass is 9.95. The molecule has 5 atom stereocenters. The number of hydrogen-bond acceptors (Lipinski definition) is 10. The summed E-state index contributed by atoms with van der Waals surface area (Å²) in [6.45, 7) is 5.90. The molecule has 1 N–H and O–H groups in total. The number of esters is 4. The Labute approximate surface area is 194 Å². The van der Waals surface area contributed by atoms with Crippen molar-refractivity contribution in [1.29, 1.82) is 0 Å². The summed E-state index contributed by atoms with van der Waals surface area (Å²) >= 11 is 3.28. The molecular weight excluding hydrogens is 492 g/mol. The summed E-state index contributed by atoms with van der Waals surface area (Å²) in [4.78, 5) is 46.5. The first-order chi connectivity index (χ1) is 14.9. The minimum absolute atomic E-state index is 0.193. The van der Waals surface area contributed by atoms with E-state index in [0.29, 0.717) is 0 Å². The predicted octanol–water partition coefficient (Wildman–Crippen LogP) is 2.14. The fourth-order valence-corrected chi connectivity index (χ4v) is 3.02. The molecule has 0 aliphatic rings. The monoisotopic (exact) mass is 518 g/mol. The fourth-order valence-electron chi connectivity index (χ4n) is 2.75. The van der Waals surface area contributed by atoms with E-state index in [1.165, 1.54) is 6.92 Å². The first-order valence-electron chi connectivity index (χ1n) is 9.66. The second-order valence-corrected chi connectivity index (χ2v) is 7.88. The van der Waals surface area contributed by atoms with Crippen molar-refractivity contribution in [1.82, 2.24) is 0 Å². The van der Waals surface area contributed by atoms with Crippen LogP contribution in [-0.4, -0.2) is 60.2 Å². The summed E-state index contributed by atoms with van der Waals surface area (Å²) in [5, 5.41) is 10.7. The van der Waals surface area contributed by atoms with E-state index in [1.807, 2.05) is 0 Å². The third-order valence-corrected chi connectivity index (χ3v) is 4.54. The Morgan fingerprint density at radius 2 is 1.28 bits per heavy atom. The average molecular weight is 519 g/mol. The van der Waals surface area contributed by atoms with Gasteiger partial charge >= 0.3 is 23.9 Å². The Morgan fingerprint density at radius 1 is 0.812 bits per heavy atom. The molecule has 0 radical (unpaired) electrons. The lowest BCUT2D eigenvalue weighted by molar-refractivity contribution is -0.216. The van der Waals surface area contributed by atoms with Gasteiger partial charge in [-0.05, 0) is 24.3 Å². The van der Waals surface area contributed by atoms with Gasteiger partial charge in [-0.15, -0.1) is 0 Å². The maximum absolute atomic E-state index is 11.8. The number of benzene rings is 1. The van der Waals surface area contributed by atoms with Crippen molar-refractivity contribution in [3.63, 3.8) is 0 Å². The van der Waals surface area contributed by atoms with Gasteiger partial charge in [0.15, 0.2) is 6.10 Å². The third-order valence-electron chi connectivity index (χ3n) is 4.02. The van der Waals surface area contributed by atoms with Crippen LogP contribution in [0.15, 0.2) is 28.7 Å². The van der Waals surface area contributed by atoms with Gasteiger partial charge in [0.05, 0.1) is 6.61 Å². The first-order valence-corrected chi connectivity index (χ1v) is 10.4. The van der Waals surface area contributed by atoms with Crippen molar-refractivity contribution >= 4 is 39.8 Å². The number of carbonyl (C=O) groups is 4. The Balaban J connectivity index is 3.31. The number of hydrogen-bond donors (Lipinski definition) is 1. The van der Waals surface area contributed by atoms with Crippen LogP contribution in [0.3, 0.4) is 0 Å². The number of ether oxygens (including phenoxy) is 5. The second-order valence-electron chi connectivity index (χ2n) is 6.96. The number of aliphatic hydroxyl groups excluding tert-OH is 1. The van der Waals surface area contributed by atoms with Gasteiger partial charge in [-0.2, -0.15) is 0 Å². The van der Waals surface area contributed by atoms with Gasteiger partial charge in [-0.25, -0.2) is 0 Å². The zero-order valence-corrected chi connectivity index (χ0v) is 20.0. The van der Waals surface area contributed by atoms with E-state index in [1.54, 1.807) is 31.2 Å². The summed E-state index contributed by atoms with van der Waals surface area (Å²) in [6, 6.07) is 6.42. The smallest absolute Gasteiger partial charge is 0.303 e. The summed E-state index contributed by atoms with van der Waals surface area (Å²) in [6.07, 6.45) is -6.10. The van der Waals surface area contributed by atoms with E-state index in [2.05, 4.69) is 15.9 Å². The van der Waals surface area contributed by atoms with Gasteiger partial charge in [0.25, 0.3) is 0 Å². The highest BCUT2D eigenvalue weighted by Gasteiger charge is 2.45. The predicted molar refractivity (Wildman–Crippen MR) is 113 cm³/mol. The van der Waals surface area contributed by atoms with Gasteiger partial charge in [0, 0.05) is 38.1 Å². The molecule has 0 amide bonds. The highest BCUT2D eigenvalue weighted by atomic mass is 79.9. The first kappa shape index (κ1) is 27.4. The van der Waals surface area contributed by atoms with E-state index in [4.69, 9.17) is 23.7 Å².